The number of hydrogen-bond acceptors (Lipinski definition) is 4. The Hall–Kier alpha value is -1.83. The second-order valence-electron chi connectivity index (χ2n) is 7.32. The number of nitrogens with one attached hydrogen (secondary N) is 3. The molecule has 0 aliphatic carbocycles. The van der Waals surface area contributed by atoms with Gasteiger partial charge in [0.05, 0.1) is 6.42 Å². The summed E-state index contributed by atoms with van der Waals surface area (Å²) in [4.78, 5) is 28.8. The maximum absolute atomic E-state index is 12.6. The van der Waals surface area contributed by atoms with Gasteiger partial charge in [0, 0.05) is 57.5 Å². The summed E-state index contributed by atoms with van der Waals surface area (Å²) in [7, 11) is 0. The molecule has 8 heteroatoms. The van der Waals surface area contributed by atoms with Crippen LogP contribution in [-0.2, 0) is 11.2 Å². The minimum atomic E-state index is -0.198. The fourth-order valence-corrected chi connectivity index (χ4v) is 3.72. The first-order valence-electron chi connectivity index (χ1n) is 10.0. The van der Waals surface area contributed by atoms with Gasteiger partial charge in [-0.25, -0.2) is 4.79 Å². The number of benzene rings is 1. The molecule has 2 aliphatic heterocycles. The third-order valence-electron chi connectivity index (χ3n) is 5.29. The zero-order valence-electron chi connectivity index (χ0n) is 16.6. The Kier molecular flexibility index (Phi) is 9.02. The summed E-state index contributed by atoms with van der Waals surface area (Å²) < 4.78 is 0. The maximum Gasteiger partial charge on any atom is 0.319 e. The molecule has 3 rings (SSSR count). The molecule has 0 spiro atoms. The predicted octanol–water partition coefficient (Wildman–Crippen LogP) is 1.69. The number of halogens is 1. The maximum atomic E-state index is 12.6. The molecule has 2 aliphatic rings. The van der Waals surface area contributed by atoms with Crippen LogP contribution in [0.3, 0.4) is 0 Å². The third kappa shape index (κ3) is 6.36. The Labute approximate surface area is 173 Å². The van der Waals surface area contributed by atoms with E-state index in [0.29, 0.717) is 19.0 Å². The smallest absolute Gasteiger partial charge is 0.319 e. The van der Waals surface area contributed by atoms with Crippen LogP contribution in [0.2, 0.25) is 0 Å². The van der Waals surface area contributed by atoms with Crippen LogP contribution in [0.4, 0.5) is 10.5 Å². The number of carbonyl (C=O) groups excluding carboxylic acids is 2. The number of amides is 3. The highest BCUT2D eigenvalue weighted by Crippen LogP contribution is 2.18. The van der Waals surface area contributed by atoms with Crippen LogP contribution < -0.4 is 16.0 Å². The van der Waals surface area contributed by atoms with Crippen LogP contribution in [0.5, 0.6) is 0 Å². The molecular weight excluding hydrogens is 378 g/mol. The van der Waals surface area contributed by atoms with E-state index in [-0.39, 0.29) is 24.3 Å². The van der Waals surface area contributed by atoms with Crippen molar-refractivity contribution in [3.63, 3.8) is 0 Å². The van der Waals surface area contributed by atoms with Gasteiger partial charge in [0.15, 0.2) is 0 Å². The van der Waals surface area contributed by atoms with E-state index in [1.165, 1.54) is 0 Å². The summed E-state index contributed by atoms with van der Waals surface area (Å²) in [6.07, 6.45) is 2.39. The number of anilines is 1. The molecule has 0 aromatic heterocycles. The molecule has 0 saturated carbocycles. The van der Waals surface area contributed by atoms with Gasteiger partial charge < -0.3 is 20.9 Å². The highest BCUT2D eigenvalue weighted by atomic mass is 35.5. The van der Waals surface area contributed by atoms with Gasteiger partial charge in [0.25, 0.3) is 0 Å². The Balaban J connectivity index is 0.00000280. The van der Waals surface area contributed by atoms with E-state index in [2.05, 4.69) is 20.9 Å². The Morgan fingerprint density at radius 2 is 1.86 bits per heavy atom. The van der Waals surface area contributed by atoms with Crippen LogP contribution >= 0.6 is 12.4 Å². The summed E-state index contributed by atoms with van der Waals surface area (Å²) >= 11 is 0. The molecule has 1 unspecified atom stereocenters. The third-order valence-corrected chi connectivity index (χ3v) is 5.29. The predicted molar refractivity (Wildman–Crippen MR) is 114 cm³/mol. The zero-order chi connectivity index (χ0) is 19.1. The van der Waals surface area contributed by atoms with Gasteiger partial charge in [0.1, 0.15) is 0 Å². The molecule has 3 amide bonds. The first-order valence-corrected chi connectivity index (χ1v) is 10.0. The van der Waals surface area contributed by atoms with Crippen molar-refractivity contribution in [2.24, 2.45) is 0 Å². The SMILES string of the molecule is CCCNC(=O)Nc1ccc(CC(=O)N2CCC(N3CCNCC3)C2)cc1.Cl. The summed E-state index contributed by atoms with van der Waals surface area (Å²) in [6.45, 7) is 8.60. The summed E-state index contributed by atoms with van der Waals surface area (Å²) in [5, 5.41) is 8.95. The molecule has 1 aromatic carbocycles. The molecule has 0 radical (unpaired) electrons. The monoisotopic (exact) mass is 409 g/mol. The van der Waals surface area contributed by atoms with E-state index in [9.17, 15) is 9.59 Å². The lowest BCUT2D eigenvalue weighted by Crippen LogP contribution is -2.49. The van der Waals surface area contributed by atoms with Crippen molar-refractivity contribution < 1.29 is 9.59 Å². The topological polar surface area (TPSA) is 76.7 Å². The average Bonchev–Trinajstić information content (AvgIpc) is 3.19. The fraction of sp³-hybridized carbons (Fsp3) is 0.600. The van der Waals surface area contributed by atoms with Crippen molar-refractivity contribution in [3.05, 3.63) is 29.8 Å². The number of nitrogens with zero attached hydrogens (tertiary/aromatic N) is 2. The van der Waals surface area contributed by atoms with Gasteiger partial charge in [-0.1, -0.05) is 19.1 Å². The van der Waals surface area contributed by atoms with E-state index >= 15 is 0 Å². The molecule has 2 fully saturated rings. The van der Waals surface area contributed by atoms with Crippen molar-refractivity contribution >= 4 is 30.0 Å². The standard InChI is InChI=1S/C20H31N5O2.ClH/c1-2-8-22-20(27)23-17-5-3-16(4-6-17)14-19(26)25-11-7-18(15-25)24-12-9-21-10-13-24;/h3-6,18,21H,2,7-15H2,1H3,(H2,22,23,27);1H. The Morgan fingerprint density at radius 3 is 2.54 bits per heavy atom. The van der Waals surface area contributed by atoms with E-state index in [0.717, 1.165) is 63.4 Å². The van der Waals surface area contributed by atoms with Crippen molar-refractivity contribution in [3.8, 4) is 0 Å². The van der Waals surface area contributed by atoms with E-state index in [1.807, 2.05) is 36.1 Å². The highest BCUT2D eigenvalue weighted by molar-refractivity contribution is 5.89. The van der Waals surface area contributed by atoms with Gasteiger partial charge in [-0.15, -0.1) is 12.4 Å². The van der Waals surface area contributed by atoms with E-state index in [4.69, 9.17) is 0 Å². The van der Waals surface area contributed by atoms with Crippen molar-refractivity contribution in [1.82, 2.24) is 20.4 Å². The van der Waals surface area contributed by atoms with Gasteiger partial charge >= 0.3 is 6.03 Å². The van der Waals surface area contributed by atoms with Crippen LogP contribution in [0, 0.1) is 0 Å². The molecule has 2 heterocycles. The van der Waals surface area contributed by atoms with Gasteiger partial charge in [-0.3, -0.25) is 9.69 Å². The number of rotatable bonds is 6. The lowest BCUT2D eigenvalue weighted by molar-refractivity contribution is -0.129. The summed E-state index contributed by atoms with van der Waals surface area (Å²) in [5.74, 6) is 0.189. The van der Waals surface area contributed by atoms with E-state index in [1.54, 1.807) is 0 Å². The summed E-state index contributed by atoms with van der Waals surface area (Å²) in [5.41, 5.74) is 1.71. The van der Waals surface area contributed by atoms with Gasteiger partial charge in [-0.2, -0.15) is 0 Å². The molecule has 3 N–H and O–H groups in total. The number of hydrogen-bond donors (Lipinski definition) is 3. The molecule has 1 aromatic rings. The largest absolute Gasteiger partial charge is 0.341 e. The molecule has 156 valence electrons. The molecular formula is C20H32ClN5O2. The zero-order valence-corrected chi connectivity index (χ0v) is 17.4. The van der Waals surface area contributed by atoms with Gasteiger partial charge in [0.2, 0.25) is 5.91 Å². The first kappa shape index (κ1) is 22.5. The van der Waals surface area contributed by atoms with Crippen LogP contribution in [0.1, 0.15) is 25.3 Å². The lowest BCUT2D eigenvalue weighted by atomic mass is 10.1. The van der Waals surface area contributed by atoms with E-state index < -0.39 is 0 Å². The average molecular weight is 410 g/mol. The number of carbonyl (C=O) groups is 2. The fourth-order valence-electron chi connectivity index (χ4n) is 3.72. The Morgan fingerprint density at radius 1 is 1.14 bits per heavy atom. The normalized spacial score (nSPS) is 19.8. The molecule has 1 atom stereocenters. The number of likely N-dealkylation sites (tertiary alicyclic amines) is 1. The molecule has 0 bridgehead atoms. The molecule has 28 heavy (non-hydrogen) atoms. The van der Waals surface area contributed by atoms with Crippen LogP contribution in [0.15, 0.2) is 24.3 Å². The first-order chi connectivity index (χ1) is 13.2. The van der Waals surface area contributed by atoms with Crippen LogP contribution in [0.25, 0.3) is 0 Å². The quantitative estimate of drug-likeness (QED) is 0.668. The van der Waals surface area contributed by atoms with Gasteiger partial charge in [-0.05, 0) is 30.5 Å². The number of urea groups is 1. The van der Waals surface area contributed by atoms with Crippen molar-refractivity contribution in [2.75, 3.05) is 51.1 Å². The Bertz CT molecular complexity index is 634. The van der Waals surface area contributed by atoms with Crippen LogP contribution in [-0.4, -0.2) is 73.6 Å². The molecule has 7 nitrogen and oxygen atoms in total. The second kappa shape index (κ2) is 11.2. The van der Waals surface area contributed by atoms with Crippen molar-refractivity contribution in [1.29, 1.82) is 0 Å². The second-order valence-corrected chi connectivity index (χ2v) is 7.32. The van der Waals surface area contributed by atoms with Crippen molar-refractivity contribution in [2.45, 2.75) is 32.2 Å². The number of piperazine rings is 1. The summed E-state index contributed by atoms with van der Waals surface area (Å²) in [6, 6.07) is 7.83. The minimum Gasteiger partial charge on any atom is -0.341 e. The molecule has 2 saturated heterocycles. The lowest BCUT2D eigenvalue weighted by Gasteiger charge is -2.32. The minimum absolute atomic E-state index is 0. The highest BCUT2D eigenvalue weighted by Gasteiger charge is 2.30.